The summed E-state index contributed by atoms with van der Waals surface area (Å²) in [4.78, 5) is 4.43. The third-order valence-corrected chi connectivity index (χ3v) is 2.70. The summed E-state index contributed by atoms with van der Waals surface area (Å²) in [5.41, 5.74) is 1.18. The maximum absolute atomic E-state index is 5.76. The van der Waals surface area contributed by atoms with Gasteiger partial charge in [0.25, 0.3) is 0 Å². The van der Waals surface area contributed by atoms with Gasteiger partial charge in [-0.05, 0) is 12.1 Å². The molecule has 1 aliphatic rings. The van der Waals surface area contributed by atoms with Crippen LogP contribution < -0.4 is 4.74 Å². The highest BCUT2D eigenvalue weighted by Gasteiger charge is 2.18. The van der Waals surface area contributed by atoms with Crippen LogP contribution in [0, 0.1) is 0 Å². The fourth-order valence-electron chi connectivity index (χ4n) is 1.69. The van der Waals surface area contributed by atoms with Crippen molar-refractivity contribution in [3.63, 3.8) is 0 Å². The van der Waals surface area contributed by atoms with Crippen molar-refractivity contribution in [1.82, 2.24) is 4.98 Å². The van der Waals surface area contributed by atoms with E-state index in [4.69, 9.17) is 9.47 Å². The lowest BCUT2D eigenvalue weighted by molar-refractivity contribution is 0.141. The van der Waals surface area contributed by atoms with Crippen LogP contribution in [0.15, 0.2) is 18.3 Å². The molecule has 0 N–H and O–H groups in total. The molecule has 1 aromatic rings. The Morgan fingerprint density at radius 1 is 1.38 bits per heavy atom. The molecule has 0 saturated carbocycles. The third kappa shape index (κ3) is 2.73. The van der Waals surface area contributed by atoms with Crippen molar-refractivity contribution in [2.75, 3.05) is 13.2 Å². The van der Waals surface area contributed by atoms with E-state index in [1.807, 2.05) is 12.1 Å². The average Bonchev–Trinajstić information content (AvgIpc) is 2.70. The van der Waals surface area contributed by atoms with Crippen LogP contribution in [0.5, 0.6) is 5.75 Å². The summed E-state index contributed by atoms with van der Waals surface area (Å²) in [5.74, 6) is 0.837. The quantitative estimate of drug-likeness (QED) is 0.769. The predicted octanol–water partition coefficient (Wildman–Crippen LogP) is 2.55. The smallest absolute Gasteiger partial charge is 0.138 e. The highest BCUT2D eigenvalue weighted by atomic mass is 16.5. The van der Waals surface area contributed by atoms with Gasteiger partial charge in [-0.25, -0.2) is 0 Å². The zero-order valence-corrected chi connectivity index (χ0v) is 10.2. The van der Waals surface area contributed by atoms with E-state index in [9.17, 15) is 0 Å². The van der Waals surface area contributed by atoms with E-state index in [0.29, 0.717) is 6.61 Å². The summed E-state index contributed by atoms with van der Waals surface area (Å²) in [6, 6.07) is 4.02. The molecule has 3 nitrogen and oxygen atoms in total. The second-order valence-electron chi connectivity index (χ2n) is 5.23. The second kappa shape index (κ2) is 4.42. The second-order valence-corrected chi connectivity index (χ2v) is 5.23. The van der Waals surface area contributed by atoms with Crippen molar-refractivity contribution in [2.45, 2.75) is 38.7 Å². The van der Waals surface area contributed by atoms with Gasteiger partial charge in [-0.15, -0.1) is 0 Å². The molecule has 0 aromatic carbocycles. The molecule has 0 radical (unpaired) electrons. The summed E-state index contributed by atoms with van der Waals surface area (Å²) >= 11 is 0. The minimum atomic E-state index is 0.0923. The number of hydrogen-bond acceptors (Lipinski definition) is 3. The van der Waals surface area contributed by atoms with Gasteiger partial charge in [0.1, 0.15) is 11.9 Å². The minimum absolute atomic E-state index is 0.0923. The van der Waals surface area contributed by atoms with Crippen LogP contribution >= 0.6 is 0 Å². The van der Waals surface area contributed by atoms with Crippen molar-refractivity contribution in [3.8, 4) is 5.75 Å². The first-order chi connectivity index (χ1) is 7.55. The van der Waals surface area contributed by atoms with Gasteiger partial charge < -0.3 is 9.47 Å². The molecule has 16 heavy (non-hydrogen) atoms. The lowest BCUT2D eigenvalue weighted by Crippen LogP contribution is -2.17. The van der Waals surface area contributed by atoms with Crippen LogP contribution in [-0.2, 0) is 10.2 Å². The van der Waals surface area contributed by atoms with Crippen molar-refractivity contribution >= 4 is 0 Å². The van der Waals surface area contributed by atoms with Gasteiger partial charge in [-0.1, -0.05) is 20.8 Å². The average molecular weight is 221 g/mol. The Morgan fingerprint density at radius 2 is 2.19 bits per heavy atom. The number of nitrogens with zero attached hydrogens (tertiary/aromatic N) is 1. The van der Waals surface area contributed by atoms with Crippen LogP contribution in [0.25, 0.3) is 0 Å². The topological polar surface area (TPSA) is 31.4 Å². The zero-order valence-electron chi connectivity index (χ0n) is 10.2. The Bertz CT molecular complexity index is 334. The first-order valence-electron chi connectivity index (χ1n) is 5.76. The fraction of sp³-hybridized carbons (Fsp3) is 0.615. The first kappa shape index (κ1) is 11.4. The minimum Gasteiger partial charge on any atom is -0.486 e. The molecule has 0 amide bonds. The number of rotatable bonds is 2. The molecule has 0 bridgehead atoms. The van der Waals surface area contributed by atoms with Gasteiger partial charge in [-0.2, -0.15) is 0 Å². The maximum Gasteiger partial charge on any atom is 0.138 e. The van der Waals surface area contributed by atoms with Crippen LogP contribution in [0.2, 0.25) is 0 Å². The Kier molecular flexibility index (Phi) is 3.15. The van der Waals surface area contributed by atoms with Crippen molar-refractivity contribution < 1.29 is 9.47 Å². The number of hydrogen-bond donors (Lipinski definition) is 0. The summed E-state index contributed by atoms with van der Waals surface area (Å²) in [7, 11) is 0. The molecule has 88 valence electrons. The van der Waals surface area contributed by atoms with E-state index in [1.54, 1.807) is 6.20 Å². The molecule has 1 aromatic heterocycles. The van der Waals surface area contributed by atoms with Crippen LogP contribution in [0.3, 0.4) is 0 Å². The Morgan fingerprint density at radius 3 is 2.69 bits per heavy atom. The molecule has 0 aliphatic carbocycles. The lowest BCUT2D eigenvalue weighted by atomic mass is 9.92. The molecule has 1 aliphatic heterocycles. The first-order valence-corrected chi connectivity index (χ1v) is 5.76. The summed E-state index contributed by atoms with van der Waals surface area (Å²) < 4.78 is 11.0. The van der Waals surface area contributed by atoms with E-state index in [0.717, 1.165) is 24.5 Å². The van der Waals surface area contributed by atoms with E-state index in [-0.39, 0.29) is 11.5 Å². The Hall–Kier alpha value is -1.09. The monoisotopic (exact) mass is 221 g/mol. The molecule has 3 heteroatoms. The van der Waals surface area contributed by atoms with Gasteiger partial charge in [-0.3, -0.25) is 4.98 Å². The molecule has 1 atom stereocenters. The van der Waals surface area contributed by atoms with E-state index in [1.165, 1.54) is 0 Å². The Labute approximate surface area is 96.8 Å². The summed E-state index contributed by atoms with van der Waals surface area (Å²) in [6.45, 7) is 7.96. The zero-order chi connectivity index (χ0) is 11.6. The molecule has 1 saturated heterocycles. The normalized spacial score (nSPS) is 21.1. The number of pyridine rings is 1. The molecule has 0 spiro atoms. The van der Waals surface area contributed by atoms with E-state index < -0.39 is 0 Å². The predicted molar refractivity (Wildman–Crippen MR) is 62.8 cm³/mol. The third-order valence-electron chi connectivity index (χ3n) is 2.70. The molecule has 2 rings (SSSR count). The van der Waals surface area contributed by atoms with Crippen molar-refractivity contribution in [1.29, 1.82) is 0 Å². The number of aromatic nitrogens is 1. The number of ether oxygens (including phenoxy) is 2. The van der Waals surface area contributed by atoms with Crippen LogP contribution in [0.4, 0.5) is 0 Å². The van der Waals surface area contributed by atoms with E-state index >= 15 is 0 Å². The van der Waals surface area contributed by atoms with Gasteiger partial charge >= 0.3 is 0 Å². The Balaban J connectivity index is 2.01. The van der Waals surface area contributed by atoms with Gasteiger partial charge in [0.05, 0.1) is 19.4 Å². The van der Waals surface area contributed by atoms with Gasteiger partial charge in [0, 0.05) is 17.5 Å². The fourth-order valence-corrected chi connectivity index (χ4v) is 1.69. The standard InChI is InChI=1S/C13H19NO2/c1-13(2,3)12-5-4-10(8-14-12)16-11-6-7-15-9-11/h4-5,8,11H,6-7,9H2,1-3H3. The largest absolute Gasteiger partial charge is 0.486 e. The summed E-state index contributed by atoms with van der Waals surface area (Å²) in [5, 5.41) is 0. The van der Waals surface area contributed by atoms with Gasteiger partial charge in [0.2, 0.25) is 0 Å². The van der Waals surface area contributed by atoms with Gasteiger partial charge in [0.15, 0.2) is 0 Å². The lowest BCUT2D eigenvalue weighted by Gasteiger charge is -2.18. The maximum atomic E-state index is 5.76. The molecule has 1 fully saturated rings. The van der Waals surface area contributed by atoms with Crippen LogP contribution in [-0.4, -0.2) is 24.3 Å². The SMILES string of the molecule is CC(C)(C)c1ccc(OC2CCOC2)cn1. The van der Waals surface area contributed by atoms with Crippen molar-refractivity contribution in [3.05, 3.63) is 24.0 Å². The van der Waals surface area contributed by atoms with Crippen LogP contribution in [0.1, 0.15) is 32.9 Å². The van der Waals surface area contributed by atoms with E-state index in [2.05, 4.69) is 25.8 Å². The molecule has 2 heterocycles. The highest BCUT2D eigenvalue weighted by molar-refractivity contribution is 5.23. The summed E-state index contributed by atoms with van der Waals surface area (Å²) in [6.07, 6.45) is 2.97. The highest BCUT2D eigenvalue weighted by Crippen LogP contribution is 2.22. The van der Waals surface area contributed by atoms with Crippen molar-refractivity contribution in [2.24, 2.45) is 0 Å². The molecular weight excluding hydrogens is 202 g/mol. The molecule has 1 unspecified atom stereocenters. The molecular formula is C13H19NO2.